The molecule has 192 valence electrons. The van der Waals surface area contributed by atoms with Gasteiger partial charge < -0.3 is 20.4 Å². The minimum Gasteiger partial charge on any atom is -0.335 e. The van der Waals surface area contributed by atoms with E-state index in [1.54, 1.807) is 18.3 Å². The largest absolute Gasteiger partial charge is 0.335 e. The van der Waals surface area contributed by atoms with Crippen LogP contribution in [0.1, 0.15) is 42.5 Å². The lowest BCUT2D eigenvalue weighted by atomic mass is 9.96. The maximum atomic E-state index is 13.0. The lowest BCUT2D eigenvalue weighted by Gasteiger charge is -2.36. The zero-order chi connectivity index (χ0) is 25.6. The third-order valence-electron chi connectivity index (χ3n) is 6.97. The molecule has 2 heterocycles. The summed E-state index contributed by atoms with van der Waals surface area (Å²) in [6, 6.07) is 16.9. The first-order valence-corrected chi connectivity index (χ1v) is 13.2. The van der Waals surface area contributed by atoms with Gasteiger partial charge in [0.15, 0.2) is 0 Å². The third-order valence-corrected chi connectivity index (χ3v) is 7.22. The van der Waals surface area contributed by atoms with Gasteiger partial charge in [0, 0.05) is 60.3 Å². The number of hydrogen-bond acceptors (Lipinski definition) is 5. The van der Waals surface area contributed by atoms with Crippen molar-refractivity contribution < 1.29 is 9.59 Å². The number of halogens is 1. The van der Waals surface area contributed by atoms with Crippen LogP contribution in [0, 0.1) is 0 Å². The number of rotatable bonds is 5. The molecule has 0 atom stereocenters. The molecule has 9 heteroatoms. The summed E-state index contributed by atoms with van der Waals surface area (Å²) < 4.78 is 0. The molecule has 0 radical (unpaired) electrons. The Morgan fingerprint density at radius 3 is 2.22 bits per heavy atom. The molecule has 1 aliphatic heterocycles. The van der Waals surface area contributed by atoms with Crippen molar-refractivity contribution in [1.29, 1.82) is 0 Å². The zero-order valence-corrected chi connectivity index (χ0v) is 21.5. The summed E-state index contributed by atoms with van der Waals surface area (Å²) in [4.78, 5) is 38.2. The Morgan fingerprint density at radius 2 is 1.51 bits per heavy atom. The average Bonchev–Trinajstić information content (AvgIpc) is 2.94. The number of anilines is 2. The fraction of sp³-hybridized carbons (Fsp3) is 0.357. The maximum Gasteiger partial charge on any atom is 0.317 e. The number of benzene rings is 2. The molecule has 0 bridgehead atoms. The number of aromatic nitrogens is 2. The zero-order valence-electron chi connectivity index (χ0n) is 20.7. The van der Waals surface area contributed by atoms with Gasteiger partial charge in [0.2, 0.25) is 5.95 Å². The molecule has 3 aromatic rings. The predicted octanol–water partition coefficient (Wildman–Crippen LogP) is 5.34. The first-order valence-electron chi connectivity index (χ1n) is 12.9. The van der Waals surface area contributed by atoms with E-state index in [-0.39, 0.29) is 11.9 Å². The van der Waals surface area contributed by atoms with Crippen LogP contribution in [0.4, 0.5) is 16.4 Å². The number of hydrogen-bond donors (Lipinski definition) is 2. The topological polar surface area (TPSA) is 90.5 Å². The van der Waals surface area contributed by atoms with Crippen LogP contribution < -0.4 is 10.6 Å². The van der Waals surface area contributed by atoms with E-state index in [9.17, 15) is 9.59 Å². The Bertz CT molecular complexity index is 1220. The van der Waals surface area contributed by atoms with E-state index in [0.29, 0.717) is 48.8 Å². The first-order chi connectivity index (χ1) is 18.0. The molecule has 8 nitrogen and oxygen atoms in total. The second-order valence-electron chi connectivity index (χ2n) is 9.54. The van der Waals surface area contributed by atoms with E-state index in [4.69, 9.17) is 11.6 Å². The summed E-state index contributed by atoms with van der Waals surface area (Å²) in [5, 5.41) is 7.04. The van der Waals surface area contributed by atoms with Crippen LogP contribution in [0.3, 0.4) is 0 Å². The van der Waals surface area contributed by atoms with Crippen LogP contribution in [0.25, 0.3) is 11.3 Å². The van der Waals surface area contributed by atoms with Crippen molar-refractivity contribution in [3.8, 4) is 11.3 Å². The molecular formula is C28H31ClN6O2. The number of nitrogens with zero attached hydrogens (tertiary/aromatic N) is 4. The Balaban J connectivity index is 1.14. The number of carbonyl (C=O) groups is 2. The standard InChI is InChI=1S/C28H31ClN6O2/c29-22-10-6-20(7-11-22)25-14-15-30-27(33-25)31-24-12-8-21(9-13-24)26(36)34-16-18-35(19-17-34)28(37)32-23-4-2-1-3-5-23/h6-15,23H,1-5,16-19H2,(H,32,37)(H,30,31,33). The Labute approximate surface area is 222 Å². The molecule has 2 aromatic carbocycles. The highest BCUT2D eigenvalue weighted by Gasteiger charge is 2.26. The van der Waals surface area contributed by atoms with Gasteiger partial charge in [-0.15, -0.1) is 0 Å². The monoisotopic (exact) mass is 518 g/mol. The second kappa shape index (κ2) is 11.6. The molecule has 0 unspecified atom stereocenters. The molecule has 2 N–H and O–H groups in total. The maximum absolute atomic E-state index is 13.0. The number of urea groups is 1. The van der Waals surface area contributed by atoms with Gasteiger partial charge in [0.1, 0.15) is 0 Å². The van der Waals surface area contributed by atoms with Gasteiger partial charge >= 0.3 is 6.03 Å². The molecule has 1 saturated heterocycles. The highest BCUT2D eigenvalue weighted by atomic mass is 35.5. The lowest BCUT2D eigenvalue weighted by Crippen LogP contribution is -2.54. The highest BCUT2D eigenvalue weighted by Crippen LogP contribution is 2.22. The molecule has 5 rings (SSSR count). The quantitative estimate of drug-likeness (QED) is 0.475. The smallest absolute Gasteiger partial charge is 0.317 e. The predicted molar refractivity (Wildman–Crippen MR) is 145 cm³/mol. The van der Waals surface area contributed by atoms with E-state index in [2.05, 4.69) is 20.6 Å². The van der Waals surface area contributed by atoms with Gasteiger partial charge in [-0.3, -0.25) is 4.79 Å². The van der Waals surface area contributed by atoms with E-state index < -0.39 is 0 Å². The molecule has 1 aliphatic carbocycles. The third kappa shape index (κ3) is 6.38. The molecule has 3 amide bonds. The molecule has 1 aromatic heterocycles. The van der Waals surface area contributed by atoms with Crippen LogP contribution in [-0.4, -0.2) is 63.9 Å². The van der Waals surface area contributed by atoms with Crippen molar-refractivity contribution in [2.45, 2.75) is 38.1 Å². The summed E-state index contributed by atoms with van der Waals surface area (Å²) >= 11 is 5.98. The summed E-state index contributed by atoms with van der Waals surface area (Å²) in [5.74, 6) is 0.439. The molecule has 1 saturated carbocycles. The van der Waals surface area contributed by atoms with Gasteiger partial charge in [-0.2, -0.15) is 0 Å². The van der Waals surface area contributed by atoms with Crippen molar-refractivity contribution in [3.63, 3.8) is 0 Å². The summed E-state index contributed by atoms with van der Waals surface area (Å²) in [6.45, 7) is 2.15. The number of piperazine rings is 1. The first kappa shape index (κ1) is 25.0. The van der Waals surface area contributed by atoms with E-state index in [1.165, 1.54) is 19.3 Å². The van der Waals surface area contributed by atoms with Gasteiger partial charge in [0.05, 0.1) is 5.69 Å². The highest BCUT2D eigenvalue weighted by molar-refractivity contribution is 6.30. The van der Waals surface area contributed by atoms with E-state index in [1.807, 2.05) is 52.3 Å². The minimum atomic E-state index is -0.0279. The Morgan fingerprint density at radius 1 is 0.838 bits per heavy atom. The summed E-state index contributed by atoms with van der Waals surface area (Å²) in [6.07, 6.45) is 7.46. The molecule has 37 heavy (non-hydrogen) atoms. The normalized spacial score (nSPS) is 16.4. The van der Waals surface area contributed by atoms with E-state index >= 15 is 0 Å². The Kier molecular flexibility index (Phi) is 7.84. The number of amides is 3. The van der Waals surface area contributed by atoms with Crippen LogP contribution in [-0.2, 0) is 0 Å². The summed E-state index contributed by atoms with van der Waals surface area (Å²) in [5.41, 5.74) is 3.13. The molecular weight excluding hydrogens is 488 g/mol. The van der Waals surface area contributed by atoms with Crippen molar-refractivity contribution in [1.82, 2.24) is 25.1 Å². The van der Waals surface area contributed by atoms with Gasteiger partial charge in [0.25, 0.3) is 5.91 Å². The van der Waals surface area contributed by atoms with Crippen molar-refractivity contribution in [3.05, 3.63) is 71.4 Å². The van der Waals surface area contributed by atoms with Crippen LogP contribution in [0.15, 0.2) is 60.8 Å². The van der Waals surface area contributed by atoms with Gasteiger partial charge in [-0.1, -0.05) is 43.0 Å². The fourth-order valence-electron chi connectivity index (χ4n) is 4.83. The molecule has 2 fully saturated rings. The van der Waals surface area contributed by atoms with Crippen molar-refractivity contribution >= 4 is 35.2 Å². The van der Waals surface area contributed by atoms with Crippen LogP contribution in [0.5, 0.6) is 0 Å². The lowest BCUT2D eigenvalue weighted by molar-refractivity contribution is 0.0662. The average molecular weight is 519 g/mol. The SMILES string of the molecule is O=C(NC1CCCCC1)N1CCN(C(=O)c2ccc(Nc3nccc(-c4ccc(Cl)cc4)n3)cc2)CC1. The number of carbonyl (C=O) groups excluding carboxylic acids is 2. The fourth-order valence-corrected chi connectivity index (χ4v) is 4.96. The number of nitrogens with one attached hydrogen (secondary N) is 2. The van der Waals surface area contributed by atoms with Crippen molar-refractivity contribution in [2.24, 2.45) is 0 Å². The van der Waals surface area contributed by atoms with E-state index in [0.717, 1.165) is 29.8 Å². The summed E-state index contributed by atoms with van der Waals surface area (Å²) in [7, 11) is 0. The Hall–Kier alpha value is -3.65. The van der Waals surface area contributed by atoms with Gasteiger partial charge in [-0.25, -0.2) is 14.8 Å². The minimum absolute atomic E-state index is 0.00298. The second-order valence-corrected chi connectivity index (χ2v) is 9.97. The molecule has 0 spiro atoms. The van der Waals surface area contributed by atoms with Gasteiger partial charge in [-0.05, 0) is 55.3 Å². The van der Waals surface area contributed by atoms with Crippen LogP contribution in [0.2, 0.25) is 5.02 Å². The van der Waals surface area contributed by atoms with Crippen LogP contribution >= 0.6 is 11.6 Å². The molecule has 2 aliphatic rings. The van der Waals surface area contributed by atoms with Crippen molar-refractivity contribution in [2.75, 3.05) is 31.5 Å².